The second kappa shape index (κ2) is 6.97. The number of amides is 1. The number of hydrogen-bond donors (Lipinski definition) is 2. The Bertz CT molecular complexity index is 790. The number of anilines is 1. The zero-order valence-corrected chi connectivity index (χ0v) is 13.4. The van der Waals surface area contributed by atoms with Crippen LogP contribution in [0.25, 0.3) is 0 Å². The van der Waals surface area contributed by atoms with Crippen molar-refractivity contribution in [3.05, 3.63) is 69.3 Å². The molecule has 0 aliphatic carbocycles. The molecular formula is C16H15N3O3S. The lowest BCUT2D eigenvalue weighted by Crippen LogP contribution is -2.34. The normalized spacial score (nSPS) is 10.0. The highest BCUT2D eigenvalue weighted by atomic mass is 32.1. The average Bonchev–Trinajstić information content (AvgIpc) is 2.49. The molecular weight excluding hydrogens is 314 g/mol. The molecule has 0 spiro atoms. The number of aryl methyl sites for hydroxylation is 2. The van der Waals surface area contributed by atoms with E-state index in [1.165, 1.54) is 18.2 Å². The number of para-hydroxylation sites is 1. The first kappa shape index (κ1) is 16.6. The molecule has 6 nitrogen and oxygen atoms in total. The Morgan fingerprint density at radius 2 is 1.83 bits per heavy atom. The number of benzene rings is 2. The number of carbonyl (C=O) groups is 1. The summed E-state index contributed by atoms with van der Waals surface area (Å²) < 4.78 is 0. The van der Waals surface area contributed by atoms with Gasteiger partial charge in [-0.3, -0.25) is 20.2 Å². The lowest BCUT2D eigenvalue weighted by Gasteiger charge is -2.11. The Labute approximate surface area is 138 Å². The minimum Gasteiger partial charge on any atom is -0.332 e. The van der Waals surface area contributed by atoms with E-state index in [1.54, 1.807) is 6.92 Å². The maximum absolute atomic E-state index is 12.2. The molecule has 0 saturated heterocycles. The standard InChI is InChI=1S/C16H15N3O3S/c1-10-5-3-4-6-13(10)17-16(23)18-15(20)12-8-7-11(2)14(9-12)19(21)22/h3-9H,1-2H3,(H2,17,18,20,23). The van der Waals surface area contributed by atoms with E-state index in [9.17, 15) is 14.9 Å². The minimum absolute atomic E-state index is 0.101. The maximum atomic E-state index is 12.2. The Hall–Kier alpha value is -2.80. The van der Waals surface area contributed by atoms with Crippen molar-refractivity contribution in [3.63, 3.8) is 0 Å². The summed E-state index contributed by atoms with van der Waals surface area (Å²) in [5.74, 6) is -0.501. The molecule has 0 heterocycles. The quantitative estimate of drug-likeness (QED) is 0.512. The van der Waals surface area contributed by atoms with E-state index >= 15 is 0 Å². The molecule has 0 bridgehead atoms. The van der Waals surface area contributed by atoms with Crippen LogP contribution in [0.5, 0.6) is 0 Å². The molecule has 0 unspecified atom stereocenters. The van der Waals surface area contributed by atoms with Crippen molar-refractivity contribution in [1.29, 1.82) is 0 Å². The van der Waals surface area contributed by atoms with Crippen molar-refractivity contribution in [2.45, 2.75) is 13.8 Å². The highest BCUT2D eigenvalue weighted by molar-refractivity contribution is 7.80. The first-order chi connectivity index (χ1) is 10.9. The van der Waals surface area contributed by atoms with Crippen LogP contribution in [0.2, 0.25) is 0 Å². The van der Waals surface area contributed by atoms with E-state index in [2.05, 4.69) is 10.6 Å². The Morgan fingerprint density at radius 3 is 2.48 bits per heavy atom. The predicted octanol–water partition coefficient (Wildman–Crippen LogP) is 3.34. The van der Waals surface area contributed by atoms with E-state index in [1.807, 2.05) is 31.2 Å². The van der Waals surface area contributed by atoms with Gasteiger partial charge >= 0.3 is 0 Å². The molecule has 23 heavy (non-hydrogen) atoms. The molecule has 118 valence electrons. The van der Waals surface area contributed by atoms with Gasteiger partial charge in [-0.15, -0.1) is 0 Å². The van der Waals surface area contributed by atoms with E-state index < -0.39 is 10.8 Å². The molecule has 1 amide bonds. The van der Waals surface area contributed by atoms with Crippen molar-refractivity contribution in [3.8, 4) is 0 Å². The molecule has 2 N–H and O–H groups in total. The summed E-state index contributed by atoms with van der Waals surface area (Å²) in [6, 6.07) is 11.8. The van der Waals surface area contributed by atoms with Crippen molar-refractivity contribution in [2.24, 2.45) is 0 Å². The Kier molecular flexibility index (Phi) is 5.02. The molecule has 2 aromatic rings. The maximum Gasteiger partial charge on any atom is 0.273 e. The number of nitrogens with zero attached hydrogens (tertiary/aromatic N) is 1. The van der Waals surface area contributed by atoms with Crippen molar-refractivity contribution in [1.82, 2.24) is 5.32 Å². The van der Waals surface area contributed by atoms with Gasteiger partial charge in [0.1, 0.15) is 0 Å². The van der Waals surface area contributed by atoms with Crippen LogP contribution >= 0.6 is 12.2 Å². The first-order valence-electron chi connectivity index (χ1n) is 6.81. The van der Waals surface area contributed by atoms with E-state index in [0.29, 0.717) is 5.56 Å². The summed E-state index contributed by atoms with van der Waals surface area (Å²) in [4.78, 5) is 22.6. The van der Waals surface area contributed by atoms with Gasteiger partial charge in [-0.2, -0.15) is 0 Å². The molecule has 0 aliphatic heterocycles. The van der Waals surface area contributed by atoms with Crippen molar-refractivity contribution in [2.75, 3.05) is 5.32 Å². The van der Waals surface area contributed by atoms with Crippen LogP contribution in [0.3, 0.4) is 0 Å². The van der Waals surface area contributed by atoms with E-state index in [-0.39, 0.29) is 16.4 Å². The number of rotatable bonds is 3. The number of hydrogen-bond acceptors (Lipinski definition) is 4. The van der Waals surface area contributed by atoms with Gasteiger partial charge in [0.15, 0.2) is 5.11 Å². The zero-order valence-electron chi connectivity index (χ0n) is 12.6. The topological polar surface area (TPSA) is 84.3 Å². The lowest BCUT2D eigenvalue weighted by molar-refractivity contribution is -0.385. The van der Waals surface area contributed by atoms with Gasteiger partial charge in [0.05, 0.1) is 4.92 Å². The number of nitrogens with one attached hydrogen (secondary N) is 2. The predicted molar refractivity (Wildman–Crippen MR) is 92.7 cm³/mol. The van der Waals surface area contributed by atoms with Gasteiger partial charge in [0, 0.05) is 22.9 Å². The third-order valence-corrected chi connectivity index (χ3v) is 3.49. The van der Waals surface area contributed by atoms with E-state index in [4.69, 9.17) is 12.2 Å². The highest BCUT2D eigenvalue weighted by Gasteiger charge is 2.15. The summed E-state index contributed by atoms with van der Waals surface area (Å²) in [7, 11) is 0. The fourth-order valence-corrected chi connectivity index (χ4v) is 2.19. The summed E-state index contributed by atoms with van der Waals surface area (Å²) in [6.07, 6.45) is 0. The van der Waals surface area contributed by atoms with Crippen molar-refractivity contribution >= 4 is 34.6 Å². The van der Waals surface area contributed by atoms with Gasteiger partial charge in [-0.1, -0.05) is 24.3 Å². The molecule has 2 rings (SSSR count). The number of nitro groups is 1. The highest BCUT2D eigenvalue weighted by Crippen LogP contribution is 2.19. The fraction of sp³-hybridized carbons (Fsp3) is 0.125. The summed E-state index contributed by atoms with van der Waals surface area (Å²) in [5.41, 5.74) is 2.33. The van der Waals surface area contributed by atoms with Crippen LogP contribution in [-0.2, 0) is 0 Å². The van der Waals surface area contributed by atoms with Crippen LogP contribution in [0.1, 0.15) is 21.5 Å². The SMILES string of the molecule is Cc1ccccc1NC(=S)NC(=O)c1ccc(C)c([N+](=O)[O-])c1. The molecule has 0 radical (unpaired) electrons. The van der Waals surface area contributed by atoms with Gasteiger partial charge in [0.2, 0.25) is 0 Å². The van der Waals surface area contributed by atoms with Crippen LogP contribution in [0.4, 0.5) is 11.4 Å². The third-order valence-electron chi connectivity index (χ3n) is 3.29. The minimum atomic E-state index is -0.518. The molecule has 7 heteroatoms. The summed E-state index contributed by atoms with van der Waals surface area (Å²) >= 11 is 5.11. The van der Waals surface area contributed by atoms with Crippen LogP contribution in [-0.4, -0.2) is 15.9 Å². The Morgan fingerprint density at radius 1 is 1.13 bits per heavy atom. The van der Waals surface area contributed by atoms with Gasteiger partial charge in [0.25, 0.3) is 11.6 Å². The molecule has 0 aromatic heterocycles. The van der Waals surface area contributed by atoms with Crippen molar-refractivity contribution < 1.29 is 9.72 Å². The van der Waals surface area contributed by atoms with Gasteiger partial charge in [-0.25, -0.2) is 0 Å². The van der Waals surface area contributed by atoms with E-state index in [0.717, 1.165) is 11.3 Å². The number of carbonyl (C=O) groups excluding carboxylic acids is 1. The fourth-order valence-electron chi connectivity index (χ4n) is 1.99. The largest absolute Gasteiger partial charge is 0.332 e. The Balaban J connectivity index is 2.10. The van der Waals surface area contributed by atoms with Crippen LogP contribution < -0.4 is 10.6 Å². The first-order valence-corrected chi connectivity index (χ1v) is 7.22. The molecule has 0 atom stereocenters. The zero-order chi connectivity index (χ0) is 17.0. The van der Waals surface area contributed by atoms with Crippen LogP contribution in [0, 0.1) is 24.0 Å². The number of thiocarbonyl (C=S) groups is 1. The summed E-state index contributed by atoms with van der Waals surface area (Å²) in [5, 5.41) is 16.5. The second-order valence-corrected chi connectivity index (χ2v) is 5.39. The lowest BCUT2D eigenvalue weighted by atomic mass is 10.1. The second-order valence-electron chi connectivity index (χ2n) is 4.98. The van der Waals surface area contributed by atoms with Gasteiger partial charge in [-0.05, 0) is 43.8 Å². The molecule has 0 aliphatic rings. The molecule has 0 saturated carbocycles. The van der Waals surface area contributed by atoms with Gasteiger partial charge < -0.3 is 5.32 Å². The molecule has 0 fully saturated rings. The monoisotopic (exact) mass is 329 g/mol. The van der Waals surface area contributed by atoms with Crippen LogP contribution in [0.15, 0.2) is 42.5 Å². The average molecular weight is 329 g/mol. The smallest absolute Gasteiger partial charge is 0.273 e. The molecule has 2 aromatic carbocycles. The summed E-state index contributed by atoms with van der Waals surface area (Å²) in [6.45, 7) is 3.53. The number of nitro benzene ring substituents is 1. The third kappa shape index (κ3) is 4.10.